The van der Waals surface area contributed by atoms with Gasteiger partial charge in [0.1, 0.15) is 0 Å². The molecule has 0 saturated heterocycles. The van der Waals surface area contributed by atoms with Crippen molar-refractivity contribution in [3.8, 4) is 0 Å². The van der Waals surface area contributed by atoms with Crippen molar-refractivity contribution in [1.82, 2.24) is 0 Å². The first-order valence-corrected chi connectivity index (χ1v) is 4.19. The van der Waals surface area contributed by atoms with Crippen molar-refractivity contribution in [3.63, 3.8) is 0 Å². The highest BCUT2D eigenvalue weighted by atomic mass is 16.5. The van der Waals surface area contributed by atoms with Crippen LogP contribution in [0.5, 0.6) is 0 Å². The molecule has 0 aromatic heterocycles. The zero-order valence-electron chi connectivity index (χ0n) is 7.96. The molecule has 0 aromatic rings. The molecule has 0 atom stereocenters. The van der Waals surface area contributed by atoms with Gasteiger partial charge in [-0.2, -0.15) is 0 Å². The van der Waals surface area contributed by atoms with Crippen molar-refractivity contribution >= 4 is 5.97 Å². The molecular weight excluding hydrogens is 152 g/mol. The Morgan fingerprint density at radius 1 is 1.33 bits per heavy atom. The maximum Gasteiger partial charge on any atom is 0.330 e. The number of esters is 1. The molecule has 0 aliphatic heterocycles. The zero-order chi connectivity index (χ0) is 9.40. The SMILES string of the molecule is CCC=C(C=CC(=O)OC)CC. The summed E-state index contributed by atoms with van der Waals surface area (Å²) in [6.07, 6.45) is 7.29. The highest BCUT2D eigenvalue weighted by Gasteiger charge is 1.91. The summed E-state index contributed by atoms with van der Waals surface area (Å²) in [5.74, 6) is -0.301. The van der Waals surface area contributed by atoms with Gasteiger partial charge in [0, 0.05) is 6.08 Å². The average molecular weight is 168 g/mol. The van der Waals surface area contributed by atoms with Gasteiger partial charge >= 0.3 is 5.97 Å². The van der Waals surface area contributed by atoms with E-state index in [9.17, 15) is 4.79 Å². The van der Waals surface area contributed by atoms with Gasteiger partial charge in [-0.25, -0.2) is 4.79 Å². The number of carbonyl (C=O) groups excluding carboxylic acids is 1. The third-order valence-corrected chi connectivity index (χ3v) is 1.51. The third kappa shape index (κ3) is 4.72. The predicted octanol–water partition coefficient (Wildman–Crippen LogP) is 2.46. The van der Waals surface area contributed by atoms with Gasteiger partial charge in [-0.15, -0.1) is 0 Å². The second-order valence-electron chi connectivity index (χ2n) is 2.40. The quantitative estimate of drug-likeness (QED) is 0.366. The summed E-state index contributed by atoms with van der Waals surface area (Å²) in [4.78, 5) is 10.7. The summed E-state index contributed by atoms with van der Waals surface area (Å²) in [5, 5.41) is 0. The number of hydrogen-bond acceptors (Lipinski definition) is 2. The molecule has 0 bridgehead atoms. The minimum absolute atomic E-state index is 0.301. The Balaban J connectivity index is 4.10. The first-order chi connectivity index (χ1) is 5.74. The summed E-state index contributed by atoms with van der Waals surface area (Å²) < 4.78 is 4.47. The monoisotopic (exact) mass is 168 g/mol. The molecule has 0 saturated carbocycles. The van der Waals surface area contributed by atoms with E-state index < -0.39 is 0 Å². The van der Waals surface area contributed by atoms with E-state index >= 15 is 0 Å². The largest absolute Gasteiger partial charge is 0.466 e. The van der Waals surface area contributed by atoms with Gasteiger partial charge in [0.05, 0.1) is 7.11 Å². The number of rotatable bonds is 4. The van der Waals surface area contributed by atoms with Gasteiger partial charge in [0.25, 0.3) is 0 Å². The molecule has 2 nitrogen and oxygen atoms in total. The van der Waals surface area contributed by atoms with Crippen molar-refractivity contribution in [3.05, 3.63) is 23.8 Å². The molecule has 2 heteroatoms. The molecule has 0 spiro atoms. The molecule has 0 aliphatic carbocycles. The Morgan fingerprint density at radius 3 is 2.42 bits per heavy atom. The molecule has 0 heterocycles. The fraction of sp³-hybridized carbons (Fsp3) is 0.500. The van der Waals surface area contributed by atoms with Crippen LogP contribution in [0.15, 0.2) is 23.8 Å². The topological polar surface area (TPSA) is 26.3 Å². The standard InChI is InChI=1S/C10H16O2/c1-4-6-9(5-2)7-8-10(11)12-3/h6-8H,4-5H2,1-3H3. The lowest BCUT2D eigenvalue weighted by Gasteiger charge is -1.95. The Kier molecular flexibility index (Phi) is 6.07. The first-order valence-electron chi connectivity index (χ1n) is 4.19. The van der Waals surface area contributed by atoms with Crippen LogP contribution in [0.1, 0.15) is 26.7 Å². The van der Waals surface area contributed by atoms with Crippen molar-refractivity contribution in [1.29, 1.82) is 0 Å². The Labute approximate surface area is 73.9 Å². The van der Waals surface area contributed by atoms with E-state index in [1.165, 1.54) is 18.8 Å². The van der Waals surface area contributed by atoms with Crippen LogP contribution in [0.3, 0.4) is 0 Å². The molecular formula is C10H16O2. The van der Waals surface area contributed by atoms with Crippen LogP contribution in [-0.2, 0) is 9.53 Å². The summed E-state index contributed by atoms with van der Waals surface area (Å²) in [7, 11) is 1.38. The van der Waals surface area contributed by atoms with E-state index in [1.54, 1.807) is 6.08 Å². The van der Waals surface area contributed by atoms with Gasteiger partial charge in [0.2, 0.25) is 0 Å². The minimum Gasteiger partial charge on any atom is -0.466 e. The van der Waals surface area contributed by atoms with Crippen molar-refractivity contribution in [2.24, 2.45) is 0 Å². The van der Waals surface area contributed by atoms with E-state index in [1.807, 2.05) is 0 Å². The van der Waals surface area contributed by atoms with Gasteiger partial charge in [0.15, 0.2) is 0 Å². The average Bonchev–Trinajstić information content (AvgIpc) is 2.11. The van der Waals surface area contributed by atoms with Crippen LogP contribution < -0.4 is 0 Å². The smallest absolute Gasteiger partial charge is 0.330 e. The van der Waals surface area contributed by atoms with Crippen molar-refractivity contribution in [2.45, 2.75) is 26.7 Å². The lowest BCUT2D eigenvalue weighted by atomic mass is 10.1. The molecule has 68 valence electrons. The molecule has 0 amide bonds. The minimum atomic E-state index is -0.301. The number of carbonyl (C=O) groups is 1. The van der Waals surface area contributed by atoms with E-state index in [-0.39, 0.29) is 5.97 Å². The summed E-state index contributed by atoms with van der Waals surface area (Å²) in [6.45, 7) is 4.13. The molecule has 12 heavy (non-hydrogen) atoms. The lowest BCUT2D eigenvalue weighted by molar-refractivity contribution is -0.134. The van der Waals surface area contributed by atoms with Gasteiger partial charge in [-0.3, -0.25) is 0 Å². The number of allylic oxidation sites excluding steroid dienone is 3. The Morgan fingerprint density at radius 2 is 2.00 bits per heavy atom. The summed E-state index contributed by atoms with van der Waals surface area (Å²) in [5.41, 5.74) is 1.17. The Bertz CT molecular complexity index is 190. The second-order valence-corrected chi connectivity index (χ2v) is 2.40. The van der Waals surface area contributed by atoms with Crippen LogP contribution in [0.2, 0.25) is 0 Å². The maximum absolute atomic E-state index is 10.7. The number of methoxy groups -OCH3 is 1. The fourth-order valence-corrected chi connectivity index (χ4v) is 0.836. The molecule has 0 aromatic carbocycles. The molecule has 0 aliphatic rings. The number of ether oxygens (including phenoxy) is 1. The van der Waals surface area contributed by atoms with Gasteiger partial charge < -0.3 is 4.74 Å². The highest BCUT2D eigenvalue weighted by Crippen LogP contribution is 2.03. The van der Waals surface area contributed by atoms with E-state index in [0.717, 1.165) is 12.8 Å². The van der Waals surface area contributed by atoms with Crippen molar-refractivity contribution < 1.29 is 9.53 Å². The molecule has 0 unspecified atom stereocenters. The van der Waals surface area contributed by atoms with Crippen LogP contribution in [0, 0.1) is 0 Å². The molecule has 0 N–H and O–H groups in total. The van der Waals surface area contributed by atoms with E-state index in [0.29, 0.717) is 0 Å². The summed E-state index contributed by atoms with van der Waals surface area (Å²) in [6, 6.07) is 0. The van der Waals surface area contributed by atoms with E-state index in [4.69, 9.17) is 0 Å². The van der Waals surface area contributed by atoms with Crippen LogP contribution in [0.25, 0.3) is 0 Å². The lowest BCUT2D eigenvalue weighted by Crippen LogP contribution is -1.93. The third-order valence-electron chi connectivity index (χ3n) is 1.51. The van der Waals surface area contributed by atoms with E-state index in [2.05, 4.69) is 24.7 Å². The fourth-order valence-electron chi connectivity index (χ4n) is 0.836. The van der Waals surface area contributed by atoms with Crippen LogP contribution in [0.4, 0.5) is 0 Å². The molecule has 0 radical (unpaired) electrons. The Hall–Kier alpha value is -1.05. The van der Waals surface area contributed by atoms with Gasteiger partial charge in [-0.05, 0) is 12.8 Å². The first kappa shape index (κ1) is 11.0. The molecule has 0 fully saturated rings. The maximum atomic E-state index is 10.7. The van der Waals surface area contributed by atoms with Crippen LogP contribution in [-0.4, -0.2) is 13.1 Å². The normalized spacial score (nSPS) is 12.1. The van der Waals surface area contributed by atoms with Crippen molar-refractivity contribution in [2.75, 3.05) is 7.11 Å². The summed E-state index contributed by atoms with van der Waals surface area (Å²) >= 11 is 0. The van der Waals surface area contributed by atoms with Crippen LogP contribution >= 0.6 is 0 Å². The number of hydrogen-bond donors (Lipinski definition) is 0. The molecule has 0 rings (SSSR count). The zero-order valence-corrected chi connectivity index (χ0v) is 7.96. The van der Waals surface area contributed by atoms with Gasteiger partial charge in [-0.1, -0.05) is 31.6 Å². The second kappa shape index (κ2) is 6.65. The highest BCUT2D eigenvalue weighted by molar-refractivity contribution is 5.82. The predicted molar refractivity (Wildman–Crippen MR) is 49.8 cm³/mol.